The highest BCUT2D eigenvalue weighted by molar-refractivity contribution is 7.80. The molecule has 4 unspecified atom stereocenters. The molecule has 0 aliphatic carbocycles. The van der Waals surface area contributed by atoms with E-state index in [4.69, 9.17) is 15.9 Å². The fourth-order valence-electron chi connectivity index (χ4n) is 3.07. The third-order valence-electron chi connectivity index (χ3n) is 4.88. The molecule has 1 rings (SSSR count). The van der Waals surface area contributed by atoms with Gasteiger partial charge in [0.25, 0.3) is 0 Å². The highest BCUT2D eigenvalue weighted by Gasteiger charge is 2.31. The van der Waals surface area contributed by atoms with Crippen LogP contribution in [0.3, 0.4) is 0 Å². The van der Waals surface area contributed by atoms with Crippen molar-refractivity contribution in [1.29, 1.82) is 0 Å². The molecule has 1 aromatic rings. The van der Waals surface area contributed by atoms with Gasteiger partial charge in [-0.15, -0.1) is 0 Å². The molecule has 0 spiro atoms. The molecular weight excluding hydrogens is 480 g/mol. The van der Waals surface area contributed by atoms with Crippen molar-refractivity contribution >= 4 is 42.3 Å². The Bertz CT molecular complexity index is 909. The second-order valence-corrected chi connectivity index (χ2v) is 8.77. The van der Waals surface area contributed by atoms with Crippen LogP contribution in [0.1, 0.15) is 32.3 Å². The van der Waals surface area contributed by atoms with Gasteiger partial charge < -0.3 is 37.0 Å². The smallest absolute Gasteiger partial charge is 0.326 e. The summed E-state index contributed by atoms with van der Waals surface area (Å²) in [4.78, 5) is 60.1. The Hall–Kier alpha value is -3.32. The number of carbonyl (C=O) groups excluding carboxylic acids is 3. The number of carboxylic acid groups (broad SMARTS) is 2. The summed E-state index contributed by atoms with van der Waals surface area (Å²) < 4.78 is 0. The van der Waals surface area contributed by atoms with Gasteiger partial charge in [0, 0.05) is 5.75 Å². The van der Waals surface area contributed by atoms with Gasteiger partial charge in [-0.05, 0) is 36.5 Å². The number of thiol groups is 1. The molecule has 8 N–H and O–H groups in total. The average molecular weight is 513 g/mol. The third-order valence-corrected chi connectivity index (χ3v) is 5.24. The van der Waals surface area contributed by atoms with Crippen LogP contribution in [0.5, 0.6) is 5.75 Å². The molecule has 0 saturated heterocycles. The lowest BCUT2D eigenvalue weighted by Crippen LogP contribution is -2.58. The van der Waals surface area contributed by atoms with E-state index in [1.807, 2.05) is 0 Å². The van der Waals surface area contributed by atoms with Gasteiger partial charge in [-0.25, -0.2) is 4.79 Å². The average Bonchev–Trinajstić information content (AvgIpc) is 2.76. The molecule has 0 saturated carbocycles. The molecule has 194 valence electrons. The zero-order valence-corrected chi connectivity index (χ0v) is 20.3. The van der Waals surface area contributed by atoms with E-state index in [1.54, 1.807) is 26.0 Å². The van der Waals surface area contributed by atoms with Crippen molar-refractivity contribution in [3.05, 3.63) is 29.8 Å². The number of nitrogens with one attached hydrogen (secondary N) is 3. The SMILES string of the molecule is CC(C)CC(NC(=O)C(CS)NC(=O)C(N)Cc1ccc(O)cc1)C(=O)NC(CC(=O)O)C(=O)O. The number of hydrogen-bond acceptors (Lipinski definition) is 8. The van der Waals surface area contributed by atoms with Crippen molar-refractivity contribution < 1.29 is 39.3 Å². The van der Waals surface area contributed by atoms with E-state index in [-0.39, 0.29) is 30.3 Å². The lowest BCUT2D eigenvalue weighted by atomic mass is 10.0. The maximum absolute atomic E-state index is 12.8. The molecule has 35 heavy (non-hydrogen) atoms. The van der Waals surface area contributed by atoms with Crippen LogP contribution in [0.25, 0.3) is 0 Å². The van der Waals surface area contributed by atoms with Crippen molar-refractivity contribution in [1.82, 2.24) is 16.0 Å². The molecule has 0 radical (unpaired) electrons. The topological polar surface area (TPSA) is 208 Å². The number of nitrogens with two attached hydrogens (primary N) is 1. The highest BCUT2D eigenvalue weighted by atomic mass is 32.1. The van der Waals surface area contributed by atoms with E-state index in [1.165, 1.54) is 12.1 Å². The summed E-state index contributed by atoms with van der Waals surface area (Å²) in [5, 5.41) is 34.4. The summed E-state index contributed by atoms with van der Waals surface area (Å²) in [6.45, 7) is 3.55. The maximum atomic E-state index is 12.8. The van der Waals surface area contributed by atoms with Gasteiger partial charge in [0.05, 0.1) is 12.5 Å². The lowest BCUT2D eigenvalue weighted by molar-refractivity contribution is -0.147. The Morgan fingerprint density at radius 2 is 1.40 bits per heavy atom. The molecule has 0 bridgehead atoms. The first-order chi connectivity index (χ1) is 16.3. The molecule has 0 fully saturated rings. The summed E-state index contributed by atoms with van der Waals surface area (Å²) in [5.41, 5.74) is 6.62. The van der Waals surface area contributed by atoms with Crippen molar-refractivity contribution in [2.24, 2.45) is 11.7 Å². The van der Waals surface area contributed by atoms with Gasteiger partial charge in [0.1, 0.15) is 23.9 Å². The van der Waals surface area contributed by atoms with Crippen LogP contribution in [0.4, 0.5) is 0 Å². The standard InChI is InChI=1S/C22H32N4O8S/c1-11(2)7-15(20(31)25-16(22(33)34)9-18(28)29)24-21(32)17(10-35)26-19(30)14(23)8-12-3-5-13(27)6-4-12/h3-6,11,14-17,27,35H,7-10,23H2,1-2H3,(H,24,32)(H,25,31)(H,26,30)(H,28,29)(H,33,34). The fraction of sp³-hybridized carbons (Fsp3) is 0.500. The predicted molar refractivity (Wildman–Crippen MR) is 129 cm³/mol. The Labute approximate surface area is 208 Å². The number of amides is 3. The minimum atomic E-state index is -1.68. The molecule has 0 aliphatic heterocycles. The van der Waals surface area contributed by atoms with Gasteiger partial charge in [0.2, 0.25) is 17.7 Å². The number of phenolic OH excluding ortho intramolecular Hbond substituents is 1. The number of benzene rings is 1. The number of carboxylic acids is 2. The molecule has 0 heterocycles. The van der Waals surface area contributed by atoms with E-state index in [2.05, 4.69) is 28.6 Å². The monoisotopic (exact) mass is 512 g/mol. The van der Waals surface area contributed by atoms with Gasteiger partial charge in [-0.2, -0.15) is 12.6 Å². The molecule has 0 aromatic heterocycles. The minimum absolute atomic E-state index is 0.0659. The van der Waals surface area contributed by atoms with Crippen molar-refractivity contribution in [2.45, 2.75) is 57.3 Å². The molecule has 12 nitrogen and oxygen atoms in total. The van der Waals surface area contributed by atoms with Crippen LogP contribution >= 0.6 is 12.6 Å². The Morgan fingerprint density at radius 3 is 1.89 bits per heavy atom. The first-order valence-corrected chi connectivity index (χ1v) is 11.5. The summed E-state index contributed by atoms with van der Waals surface area (Å²) >= 11 is 4.08. The van der Waals surface area contributed by atoms with Crippen LogP contribution in [0.2, 0.25) is 0 Å². The number of rotatable bonds is 14. The van der Waals surface area contributed by atoms with E-state index in [0.717, 1.165) is 0 Å². The van der Waals surface area contributed by atoms with Crippen molar-refractivity contribution in [3.8, 4) is 5.75 Å². The fourth-order valence-corrected chi connectivity index (χ4v) is 3.33. The lowest BCUT2D eigenvalue weighted by Gasteiger charge is -2.25. The molecule has 13 heteroatoms. The van der Waals surface area contributed by atoms with Gasteiger partial charge in [0.15, 0.2) is 0 Å². The normalized spacial score (nSPS) is 14.3. The van der Waals surface area contributed by atoms with Crippen LogP contribution < -0.4 is 21.7 Å². The summed E-state index contributed by atoms with van der Waals surface area (Å²) in [7, 11) is 0. The van der Waals surface area contributed by atoms with Crippen LogP contribution in [0, 0.1) is 5.92 Å². The van der Waals surface area contributed by atoms with Gasteiger partial charge >= 0.3 is 11.9 Å². The quantitative estimate of drug-likeness (QED) is 0.147. The first kappa shape index (κ1) is 29.7. The highest BCUT2D eigenvalue weighted by Crippen LogP contribution is 2.11. The molecular formula is C22H32N4O8S. The zero-order valence-electron chi connectivity index (χ0n) is 19.4. The van der Waals surface area contributed by atoms with Gasteiger partial charge in [-0.1, -0.05) is 26.0 Å². The van der Waals surface area contributed by atoms with Crippen LogP contribution in [-0.2, 0) is 30.4 Å². The molecule has 1 aromatic carbocycles. The zero-order chi connectivity index (χ0) is 26.7. The summed E-state index contributed by atoms with van der Waals surface area (Å²) in [6, 6.07) is 1.12. The molecule has 4 atom stereocenters. The summed E-state index contributed by atoms with van der Waals surface area (Å²) in [5.74, 6) is -5.32. The van der Waals surface area contributed by atoms with E-state index < -0.39 is 60.2 Å². The third kappa shape index (κ3) is 10.6. The Morgan fingerprint density at radius 1 is 0.886 bits per heavy atom. The Balaban J connectivity index is 2.84. The van der Waals surface area contributed by atoms with Crippen LogP contribution in [-0.4, -0.2) is 74.9 Å². The number of aliphatic carboxylic acids is 2. The van der Waals surface area contributed by atoms with E-state index >= 15 is 0 Å². The number of carbonyl (C=O) groups is 5. The number of aromatic hydroxyl groups is 1. The Kier molecular flexibility index (Phi) is 12.0. The summed E-state index contributed by atoms with van der Waals surface area (Å²) in [6.07, 6.45) is -0.562. The number of hydrogen-bond donors (Lipinski definition) is 8. The van der Waals surface area contributed by atoms with E-state index in [9.17, 15) is 29.1 Å². The second kappa shape index (κ2) is 14.2. The minimum Gasteiger partial charge on any atom is -0.508 e. The molecule has 3 amide bonds. The largest absolute Gasteiger partial charge is 0.508 e. The maximum Gasteiger partial charge on any atom is 0.326 e. The van der Waals surface area contributed by atoms with Crippen molar-refractivity contribution in [3.63, 3.8) is 0 Å². The van der Waals surface area contributed by atoms with Crippen molar-refractivity contribution in [2.75, 3.05) is 5.75 Å². The van der Waals surface area contributed by atoms with E-state index in [0.29, 0.717) is 5.56 Å². The first-order valence-electron chi connectivity index (χ1n) is 10.8. The van der Waals surface area contributed by atoms with Gasteiger partial charge in [-0.3, -0.25) is 19.2 Å². The number of phenols is 1. The predicted octanol–water partition coefficient (Wildman–Crippen LogP) is -0.748. The molecule has 0 aliphatic rings. The second-order valence-electron chi connectivity index (χ2n) is 8.41. The van der Waals surface area contributed by atoms with Crippen LogP contribution in [0.15, 0.2) is 24.3 Å².